The number of hydrogen-bond donors (Lipinski definition) is 0. The normalized spacial score (nSPS) is 17.7. The zero-order valence-corrected chi connectivity index (χ0v) is 15.0. The summed E-state index contributed by atoms with van der Waals surface area (Å²) in [5.41, 5.74) is 0.581. The third-order valence-electron chi connectivity index (χ3n) is 3.97. The van der Waals surface area contributed by atoms with Crippen LogP contribution in [0.4, 0.5) is 5.69 Å². The van der Waals surface area contributed by atoms with E-state index in [1.165, 1.54) is 0 Å². The lowest BCUT2D eigenvalue weighted by Gasteiger charge is -2.25. The number of hydrogen-bond acceptors (Lipinski definition) is 2. The quantitative estimate of drug-likeness (QED) is 0.772. The van der Waals surface area contributed by atoms with E-state index in [1.807, 2.05) is 18.7 Å². The molecule has 0 N–H and O–H groups in total. The number of anilines is 1. The first-order chi connectivity index (χ1) is 11.0. The van der Waals surface area contributed by atoms with Gasteiger partial charge in [0, 0.05) is 31.1 Å². The van der Waals surface area contributed by atoms with E-state index in [4.69, 9.17) is 23.2 Å². The lowest BCUT2D eigenvalue weighted by molar-refractivity contribution is -0.135. The van der Waals surface area contributed by atoms with Crippen LogP contribution in [0.15, 0.2) is 18.2 Å². The Morgan fingerprint density at radius 3 is 2.52 bits per heavy atom. The van der Waals surface area contributed by atoms with Crippen molar-refractivity contribution in [1.82, 2.24) is 4.90 Å². The highest BCUT2D eigenvalue weighted by molar-refractivity contribution is 6.35. The molecule has 2 rings (SSSR count). The number of nitrogens with zero attached hydrogens (tertiary/aromatic N) is 2. The summed E-state index contributed by atoms with van der Waals surface area (Å²) in [6.45, 7) is 5.92. The molecule has 1 aliphatic heterocycles. The van der Waals surface area contributed by atoms with Crippen molar-refractivity contribution in [3.63, 3.8) is 0 Å². The van der Waals surface area contributed by atoms with Crippen LogP contribution >= 0.6 is 23.2 Å². The van der Waals surface area contributed by atoms with Gasteiger partial charge >= 0.3 is 0 Å². The second-order valence-corrected chi connectivity index (χ2v) is 6.67. The highest BCUT2D eigenvalue weighted by Gasteiger charge is 2.37. The van der Waals surface area contributed by atoms with E-state index in [2.05, 4.69) is 0 Å². The van der Waals surface area contributed by atoms with Gasteiger partial charge in [-0.25, -0.2) is 0 Å². The van der Waals surface area contributed by atoms with E-state index in [1.54, 1.807) is 23.1 Å². The molecule has 6 heteroatoms. The Hall–Kier alpha value is -1.26. The minimum absolute atomic E-state index is 0.0581. The summed E-state index contributed by atoms with van der Waals surface area (Å²) in [6, 6.07) is 5.02. The maximum absolute atomic E-state index is 12.7. The zero-order chi connectivity index (χ0) is 17.0. The van der Waals surface area contributed by atoms with Crippen molar-refractivity contribution in [2.45, 2.75) is 33.1 Å². The van der Waals surface area contributed by atoms with Gasteiger partial charge in [0.1, 0.15) is 0 Å². The molecule has 1 aliphatic rings. The largest absolute Gasteiger partial charge is 0.342 e. The van der Waals surface area contributed by atoms with E-state index in [9.17, 15) is 9.59 Å². The van der Waals surface area contributed by atoms with Gasteiger partial charge in [-0.05, 0) is 31.0 Å². The molecular weight excluding hydrogens is 335 g/mol. The summed E-state index contributed by atoms with van der Waals surface area (Å²) in [7, 11) is 0. The summed E-state index contributed by atoms with van der Waals surface area (Å²) >= 11 is 12.2. The Morgan fingerprint density at radius 2 is 1.91 bits per heavy atom. The first-order valence-electron chi connectivity index (χ1n) is 8.02. The van der Waals surface area contributed by atoms with Crippen molar-refractivity contribution >= 4 is 40.7 Å². The highest BCUT2D eigenvalue weighted by atomic mass is 35.5. The number of amides is 2. The van der Waals surface area contributed by atoms with Crippen LogP contribution in [0.5, 0.6) is 0 Å². The van der Waals surface area contributed by atoms with E-state index >= 15 is 0 Å². The molecule has 1 atom stereocenters. The van der Waals surface area contributed by atoms with Crippen molar-refractivity contribution < 1.29 is 9.59 Å². The molecule has 1 aromatic rings. The molecule has 1 saturated heterocycles. The van der Waals surface area contributed by atoms with Crippen LogP contribution in [0.25, 0.3) is 0 Å². The standard InChI is InChI=1S/C17H22Cl2N2O2/c1-3-7-20(8-4-2)17(23)12-9-16(22)21(11-12)15-10-13(18)5-6-14(15)19/h5-6,10,12H,3-4,7-9,11H2,1-2H3. The Bertz CT molecular complexity index is 586. The van der Waals surface area contributed by atoms with Gasteiger partial charge in [0.25, 0.3) is 0 Å². The summed E-state index contributed by atoms with van der Waals surface area (Å²) in [4.78, 5) is 28.5. The Balaban J connectivity index is 2.15. The lowest BCUT2D eigenvalue weighted by Crippen LogP contribution is -2.38. The fourth-order valence-electron chi connectivity index (χ4n) is 2.93. The van der Waals surface area contributed by atoms with Crippen molar-refractivity contribution in [2.24, 2.45) is 5.92 Å². The van der Waals surface area contributed by atoms with Crippen LogP contribution in [0.2, 0.25) is 10.0 Å². The first-order valence-corrected chi connectivity index (χ1v) is 8.77. The van der Waals surface area contributed by atoms with Gasteiger partial charge in [0.05, 0.1) is 16.6 Å². The van der Waals surface area contributed by atoms with E-state index < -0.39 is 0 Å². The molecule has 23 heavy (non-hydrogen) atoms. The molecule has 0 radical (unpaired) electrons. The van der Waals surface area contributed by atoms with Gasteiger partial charge in [0.15, 0.2) is 0 Å². The lowest BCUT2D eigenvalue weighted by atomic mass is 10.1. The summed E-state index contributed by atoms with van der Waals surface area (Å²) in [5, 5.41) is 0.986. The monoisotopic (exact) mass is 356 g/mol. The fourth-order valence-corrected chi connectivity index (χ4v) is 3.31. The Kier molecular flexibility index (Phi) is 6.31. The third-order valence-corrected chi connectivity index (χ3v) is 4.53. The molecule has 0 spiro atoms. The number of carbonyl (C=O) groups is 2. The van der Waals surface area contributed by atoms with Gasteiger partial charge in [-0.1, -0.05) is 37.0 Å². The van der Waals surface area contributed by atoms with Crippen LogP contribution in [0.3, 0.4) is 0 Å². The third kappa shape index (κ3) is 4.18. The maximum Gasteiger partial charge on any atom is 0.228 e. The van der Waals surface area contributed by atoms with Crippen molar-refractivity contribution in [3.05, 3.63) is 28.2 Å². The van der Waals surface area contributed by atoms with Crippen LogP contribution < -0.4 is 4.90 Å². The predicted octanol–water partition coefficient (Wildman–Crippen LogP) is 3.99. The molecule has 0 aliphatic carbocycles. The molecule has 1 heterocycles. The van der Waals surface area contributed by atoms with Crippen LogP contribution in [0, 0.1) is 5.92 Å². The molecule has 1 unspecified atom stereocenters. The van der Waals surface area contributed by atoms with Gasteiger partial charge in [0.2, 0.25) is 11.8 Å². The van der Waals surface area contributed by atoms with Crippen molar-refractivity contribution in [3.8, 4) is 0 Å². The van der Waals surface area contributed by atoms with Gasteiger partial charge in [-0.3, -0.25) is 9.59 Å². The highest BCUT2D eigenvalue weighted by Crippen LogP contribution is 2.33. The van der Waals surface area contributed by atoms with Gasteiger partial charge in [-0.2, -0.15) is 0 Å². The summed E-state index contributed by atoms with van der Waals surface area (Å²) in [6.07, 6.45) is 2.05. The molecule has 0 saturated carbocycles. The Morgan fingerprint density at radius 1 is 1.26 bits per heavy atom. The fraction of sp³-hybridized carbons (Fsp3) is 0.529. The van der Waals surface area contributed by atoms with Crippen molar-refractivity contribution in [2.75, 3.05) is 24.5 Å². The second kappa shape index (κ2) is 8.02. The van der Waals surface area contributed by atoms with Crippen LogP contribution in [-0.4, -0.2) is 36.3 Å². The molecule has 1 fully saturated rings. The zero-order valence-electron chi connectivity index (χ0n) is 13.5. The number of benzene rings is 1. The Labute approximate surface area is 147 Å². The van der Waals surface area contributed by atoms with E-state index in [0.717, 1.165) is 25.9 Å². The second-order valence-electron chi connectivity index (χ2n) is 5.83. The molecular formula is C17H22Cl2N2O2. The van der Waals surface area contributed by atoms with E-state index in [0.29, 0.717) is 22.3 Å². The van der Waals surface area contributed by atoms with Crippen molar-refractivity contribution in [1.29, 1.82) is 0 Å². The molecule has 0 bridgehead atoms. The van der Waals surface area contributed by atoms with Gasteiger partial charge < -0.3 is 9.80 Å². The average molecular weight is 357 g/mol. The minimum atomic E-state index is -0.310. The van der Waals surface area contributed by atoms with Crippen LogP contribution in [-0.2, 0) is 9.59 Å². The number of rotatable bonds is 6. The SMILES string of the molecule is CCCN(CCC)C(=O)C1CC(=O)N(c2cc(Cl)ccc2Cl)C1. The topological polar surface area (TPSA) is 40.6 Å². The summed E-state index contributed by atoms with van der Waals surface area (Å²) in [5.74, 6) is -0.334. The average Bonchev–Trinajstić information content (AvgIpc) is 2.90. The molecule has 2 amide bonds. The maximum atomic E-state index is 12.7. The smallest absolute Gasteiger partial charge is 0.228 e. The van der Waals surface area contributed by atoms with Gasteiger partial charge in [-0.15, -0.1) is 0 Å². The summed E-state index contributed by atoms with van der Waals surface area (Å²) < 4.78 is 0. The predicted molar refractivity (Wildman–Crippen MR) is 94.1 cm³/mol. The number of halogens is 2. The molecule has 1 aromatic carbocycles. The molecule has 0 aromatic heterocycles. The minimum Gasteiger partial charge on any atom is -0.342 e. The molecule has 4 nitrogen and oxygen atoms in total. The first kappa shape index (κ1) is 18.1. The van der Waals surface area contributed by atoms with E-state index in [-0.39, 0.29) is 24.2 Å². The van der Waals surface area contributed by atoms with Crippen LogP contribution in [0.1, 0.15) is 33.1 Å². The number of carbonyl (C=O) groups excluding carboxylic acids is 2. The molecule has 126 valence electrons.